The zero-order chi connectivity index (χ0) is 27.0. The van der Waals surface area contributed by atoms with Crippen LogP contribution < -0.4 is 25.8 Å². The average Bonchev–Trinajstić information content (AvgIpc) is 2.89. The van der Waals surface area contributed by atoms with E-state index in [0.717, 1.165) is 21.6 Å². The number of rotatable bonds is 15. The number of carbonyl (C=O) groups is 3. The Bertz CT molecular complexity index is 998. The second-order valence-electron chi connectivity index (χ2n) is 8.21. The van der Waals surface area contributed by atoms with Gasteiger partial charge in [-0.25, -0.2) is 9.52 Å². The summed E-state index contributed by atoms with van der Waals surface area (Å²) in [5, 5.41) is 5.36. The van der Waals surface area contributed by atoms with E-state index >= 15 is 0 Å². The molecule has 0 aromatic heterocycles. The normalized spacial score (nSPS) is 11.4. The van der Waals surface area contributed by atoms with E-state index < -0.39 is 18.1 Å². The molecule has 0 bridgehead atoms. The van der Waals surface area contributed by atoms with Crippen LogP contribution in [0.5, 0.6) is 5.75 Å². The smallest absolute Gasteiger partial charge is 0.407 e. The summed E-state index contributed by atoms with van der Waals surface area (Å²) in [5.41, 5.74) is 8.51. The molecule has 0 heterocycles. The van der Waals surface area contributed by atoms with Crippen molar-refractivity contribution in [1.29, 1.82) is 0 Å². The molecule has 10 nitrogen and oxygen atoms in total. The summed E-state index contributed by atoms with van der Waals surface area (Å²) >= 11 is 1.33. The highest BCUT2D eigenvalue weighted by Crippen LogP contribution is 2.29. The molecule has 0 saturated carbocycles. The standard InChI is InChI=1S/C26H36N4O6S/c1-18-14-21(15-19(2)24(18)37-30-22(16-27)25(32)34-3)35-13-7-10-23(31)28-11-12-29-26(33)36-17-20-8-5-4-6-9-20/h4-6,8-9,14-15,22,30H,7,10-13,16-17,27H2,1-3H3,(H,28,31)(H,29,33)/t22-/m0/s1. The lowest BCUT2D eigenvalue weighted by atomic mass is 10.1. The van der Waals surface area contributed by atoms with Crippen molar-refractivity contribution in [3.63, 3.8) is 0 Å². The number of hydrogen-bond acceptors (Lipinski definition) is 9. The second-order valence-corrected chi connectivity index (χ2v) is 9.06. The Kier molecular flexibility index (Phi) is 13.3. The summed E-state index contributed by atoms with van der Waals surface area (Å²) < 4.78 is 18.7. The first-order valence-corrected chi connectivity index (χ1v) is 12.8. The number of carbonyl (C=O) groups excluding carboxylic acids is 3. The Morgan fingerprint density at radius 3 is 2.35 bits per heavy atom. The Balaban J connectivity index is 1.62. The summed E-state index contributed by atoms with van der Waals surface area (Å²) in [5.74, 6) is 0.182. The molecular weight excluding hydrogens is 496 g/mol. The van der Waals surface area contributed by atoms with Gasteiger partial charge in [0.2, 0.25) is 5.91 Å². The number of ether oxygens (including phenoxy) is 3. The van der Waals surface area contributed by atoms with Gasteiger partial charge in [-0.1, -0.05) is 30.3 Å². The molecule has 5 N–H and O–H groups in total. The van der Waals surface area contributed by atoms with Gasteiger partial charge in [-0.3, -0.25) is 9.59 Å². The maximum Gasteiger partial charge on any atom is 0.407 e. The lowest BCUT2D eigenvalue weighted by molar-refractivity contribution is -0.142. The van der Waals surface area contributed by atoms with E-state index in [4.69, 9.17) is 19.9 Å². The number of methoxy groups -OCH3 is 1. The Morgan fingerprint density at radius 1 is 1.03 bits per heavy atom. The van der Waals surface area contributed by atoms with E-state index in [-0.39, 0.29) is 25.6 Å². The zero-order valence-electron chi connectivity index (χ0n) is 21.5. The molecule has 2 aromatic rings. The number of alkyl carbamates (subject to hydrolysis) is 1. The van der Waals surface area contributed by atoms with E-state index in [1.165, 1.54) is 19.1 Å². The van der Waals surface area contributed by atoms with Crippen molar-refractivity contribution in [2.45, 2.75) is 44.2 Å². The molecule has 37 heavy (non-hydrogen) atoms. The number of esters is 1. The summed E-state index contributed by atoms with van der Waals surface area (Å²) in [6, 6.07) is 12.6. The van der Waals surface area contributed by atoms with E-state index in [1.54, 1.807) is 0 Å². The quantitative estimate of drug-likeness (QED) is 0.155. The fourth-order valence-corrected chi connectivity index (χ4v) is 4.16. The number of benzene rings is 2. The molecule has 0 aliphatic rings. The monoisotopic (exact) mass is 532 g/mol. The molecule has 0 aliphatic heterocycles. The van der Waals surface area contributed by atoms with E-state index in [1.807, 2.05) is 56.3 Å². The fourth-order valence-electron chi connectivity index (χ4n) is 3.27. The number of amides is 2. The molecule has 2 amide bonds. The maximum atomic E-state index is 12.0. The summed E-state index contributed by atoms with van der Waals surface area (Å²) in [4.78, 5) is 36.4. The number of nitrogens with two attached hydrogens (primary N) is 1. The second kappa shape index (κ2) is 16.5. The molecule has 11 heteroatoms. The van der Waals surface area contributed by atoms with Crippen molar-refractivity contribution in [3.05, 3.63) is 59.2 Å². The van der Waals surface area contributed by atoms with Crippen LogP contribution in [-0.2, 0) is 25.7 Å². The highest BCUT2D eigenvalue weighted by molar-refractivity contribution is 7.97. The largest absolute Gasteiger partial charge is 0.494 e. The van der Waals surface area contributed by atoms with Crippen LogP contribution in [0.15, 0.2) is 47.4 Å². The topological polar surface area (TPSA) is 141 Å². The Hall–Kier alpha value is -3.28. The molecule has 2 aromatic carbocycles. The minimum Gasteiger partial charge on any atom is -0.494 e. The first-order valence-electron chi connectivity index (χ1n) is 12.0. The molecule has 0 radical (unpaired) electrons. The lowest BCUT2D eigenvalue weighted by Gasteiger charge is -2.17. The van der Waals surface area contributed by atoms with Crippen molar-refractivity contribution in [2.75, 3.05) is 33.4 Å². The van der Waals surface area contributed by atoms with Gasteiger partial charge in [0.1, 0.15) is 18.4 Å². The number of hydrogen-bond donors (Lipinski definition) is 4. The van der Waals surface area contributed by atoms with Gasteiger partial charge in [-0.2, -0.15) is 0 Å². The molecule has 0 unspecified atom stereocenters. The minimum atomic E-state index is -0.597. The molecular formula is C26H36N4O6S. The van der Waals surface area contributed by atoms with Crippen LogP contribution in [0.2, 0.25) is 0 Å². The van der Waals surface area contributed by atoms with Crippen molar-refractivity contribution in [2.24, 2.45) is 5.73 Å². The highest BCUT2D eigenvalue weighted by Gasteiger charge is 2.18. The lowest BCUT2D eigenvalue weighted by Crippen LogP contribution is -2.40. The van der Waals surface area contributed by atoms with Crippen molar-refractivity contribution < 1.29 is 28.6 Å². The van der Waals surface area contributed by atoms with Gasteiger partial charge in [0.25, 0.3) is 0 Å². The van der Waals surface area contributed by atoms with Gasteiger partial charge in [0.05, 0.1) is 13.7 Å². The van der Waals surface area contributed by atoms with Gasteiger partial charge in [-0.05, 0) is 61.0 Å². The summed E-state index contributed by atoms with van der Waals surface area (Å²) in [7, 11) is 1.33. The predicted octanol–water partition coefficient (Wildman–Crippen LogP) is 2.60. The first kappa shape index (κ1) is 29.9. The van der Waals surface area contributed by atoms with Gasteiger partial charge < -0.3 is 30.6 Å². The molecule has 0 spiro atoms. The van der Waals surface area contributed by atoms with Crippen molar-refractivity contribution >= 4 is 29.9 Å². The van der Waals surface area contributed by atoms with Gasteiger partial charge in [0.15, 0.2) is 0 Å². The summed E-state index contributed by atoms with van der Waals surface area (Å²) in [6.45, 7) is 5.21. The molecule has 0 saturated heterocycles. The molecule has 0 fully saturated rings. The van der Waals surface area contributed by atoms with Crippen LogP contribution >= 0.6 is 11.9 Å². The van der Waals surface area contributed by atoms with Crippen molar-refractivity contribution in [1.82, 2.24) is 15.4 Å². The third-order valence-electron chi connectivity index (χ3n) is 5.20. The van der Waals surface area contributed by atoms with Crippen LogP contribution in [0.4, 0.5) is 4.79 Å². The summed E-state index contributed by atoms with van der Waals surface area (Å²) in [6.07, 6.45) is 0.327. The van der Waals surface area contributed by atoms with Crippen LogP contribution in [0.25, 0.3) is 0 Å². The maximum absolute atomic E-state index is 12.0. The average molecular weight is 533 g/mol. The SMILES string of the molecule is COC(=O)[C@H](CN)NSc1c(C)cc(OCCCC(=O)NCCNC(=O)OCc2ccccc2)cc1C. The molecule has 0 aliphatic carbocycles. The highest BCUT2D eigenvalue weighted by atomic mass is 32.2. The van der Waals surface area contributed by atoms with Crippen LogP contribution in [0.3, 0.4) is 0 Å². The molecule has 202 valence electrons. The van der Waals surface area contributed by atoms with E-state index in [2.05, 4.69) is 15.4 Å². The Morgan fingerprint density at radius 2 is 1.70 bits per heavy atom. The van der Waals surface area contributed by atoms with Crippen LogP contribution in [0, 0.1) is 13.8 Å². The number of nitrogens with one attached hydrogen (secondary N) is 3. The fraction of sp³-hybridized carbons (Fsp3) is 0.423. The minimum absolute atomic E-state index is 0.117. The van der Waals surface area contributed by atoms with Gasteiger partial charge in [0, 0.05) is 31.0 Å². The van der Waals surface area contributed by atoms with Crippen molar-refractivity contribution in [3.8, 4) is 5.75 Å². The van der Waals surface area contributed by atoms with E-state index in [0.29, 0.717) is 31.7 Å². The van der Waals surface area contributed by atoms with Gasteiger partial charge in [-0.15, -0.1) is 0 Å². The zero-order valence-corrected chi connectivity index (χ0v) is 22.3. The predicted molar refractivity (Wildman–Crippen MR) is 142 cm³/mol. The third-order valence-corrected chi connectivity index (χ3v) is 6.46. The third kappa shape index (κ3) is 11.1. The Labute approximate surface area is 222 Å². The molecule has 1 atom stereocenters. The van der Waals surface area contributed by atoms with Gasteiger partial charge >= 0.3 is 12.1 Å². The van der Waals surface area contributed by atoms with Crippen LogP contribution in [0.1, 0.15) is 29.5 Å². The first-order chi connectivity index (χ1) is 17.8. The van der Waals surface area contributed by atoms with Crippen LogP contribution in [-0.4, -0.2) is 57.4 Å². The molecule has 2 rings (SSSR count). The number of aryl methyl sites for hydroxylation is 2. The van der Waals surface area contributed by atoms with E-state index in [9.17, 15) is 14.4 Å².